The first-order chi connectivity index (χ1) is 17.0. The molecule has 0 amide bonds. The zero-order valence-electron chi connectivity index (χ0n) is 17.8. The molecule has 35 heavy (non-hydrogen) atoms. The van der Waals surface area contributed by atoms with Crippen LogP contribution in [0.1, 0.15) is 21.5 Å². The lowest BCUT2D eigenvalue weighted by atomic mass is 10.1. The maximum atomic E-state index is 12.8. The molecule has 0 aliphatic carbocycles. The topological polar surface area (TPSA) is 102 Å². The first kappa shape index (κ1) is 21.2. The number of hydrogen-bond acceptors (Lipinski definition) is 9. The molecule has 0 saturated carbocycles. The van der Waals surface area contributed by atoms with Crippen molar-refractivity contribution in [1.82, 2.24) is 0 Å². The molecule has 9 nitrogen and oxygen atoms in total. The van der Waals surface area contributed by atoms with E-state index in [0.717, 1.165) is 4.47 Å². The Labute approximate surface area is 206 Å². The lowest BCUT2D eigenvalue weighted by Crippen LogP contribution is -2.09. The van der Waals surface area contributed by atoms with Crippen molar-refractivity contribution in [3.63, 3.8) is 0 Å². The van der Waals surface area contributed by atoms with Crippen molar-refractivity contribution in [2.24, 2.45) is 4.99 Å². The Hall–Kier alpha value is -4.31. The third-order valence-corrected chi connectivity index (χ3v) is 5.81. The highest BCUT2D eigenvalue weighted by Gasteiger charge is 2.27. The highest BCUT2D eigenvalue weighted by molar-refractivity contribution is 9.10. The average molecular weight is 536 g/mol. The fourth-order valence-electron chi connectivity index (χ4n) is 3.62. The van der Waals surface area contributed by atoms with E-state index in [-0.39, 0.29) is 30.9 Å². The summed E-state index contributed by atoms with van der Waals surface area (Å²) in [6.07, 6.45) is 1.50. The standard InChI is InChI=1S/C25H14BrNO8/c26-16-3-6-18(34-24(28)14-2-5-20-22(10-14)33-12-31-20)15(7-16)8-17-25(29)35-23(27-17)13-1-4-19-21(9-13)32-11-30-19/h1-10H,11-12H2/b17-8+. The SMILES string of the molecule is O=C1OC(c2ccc3c(c2)OCO3)=N/C1=C/c1cc(Br)ccc1OC(=O)c1ccc2c(c1)OCO2. The van der Waals surface area contributed by atoms with Crippen LogP contribution in [-0.4, -0.2) is 31.4 Å². The van der Waals surface area contributed by atoms with Crippen molar-refractivity contribution in [2.45, 2.75) is 0 Å². The van der Waals surface area contributed by atoms with Gasteiger partial charge in [0.2, 0.25) is 19.5 Å². The summed E-state index contributed by atoms with van der Waals surface area (Å²) in [6.45, 7) is 0.232. The predicted octanol–water partition coefficient (Wildman–Crippen LogP) is 4.47. The summed E-state index contributed by atoms with van der Waals surface area (Å²) < 4.78 is 33.0. The van der Waals surface area contributed by atoms with E-state index in [0.29, 0.717) is 39.7 Å². The van der Waals surface area contributed by atoms with E-state index < -0.39 is 11.9 Å². The maximum Gasteiger partial charge on any atom is 0.363 e. The minimum Gasteiger partial charge on any atom is -0.454 e. The second kappa shape index (κ2) is 8.48. The number of nitrogens with zero attached hydrogens (tertiary/aromatic N) is 1. The third kappa shape index (κ3) is 4.08. The fraction of sp³-hybridized carbons (Fsp3) is 0.0800. The molecule has 174 valence electrons. The number of rotatable bonds is 4. The van der Waals surface area contributed by atoms with Gasteiger partial charge in [-0.05, 0) is 60.7 Å². The number of cyclic esters (lactones) is 1. The molecule has 10 heteroatoms. The van der Waals surface area contributed by atoms with E-state index in [1.807, 2.05) is 0 Å². The van der Waals surface area contributed by atoms with Gasteiger partial charge in [-0.3, -0.25) is 0 Å². The Balaban J connectivity index is 1.29. The number of aliphatic imine (C=N–C) groups is 1. The van der Waals surface area contributed by atoms with Crippen molar-refractivity contribution in [3.05, 3.63) is 81.5 Å². The number of hydrogen-bond donors (Lipinski definition) is 0. The number of halogens is 1. The minimum absolute atomic E-state index is 0.0520. The van der Waals surface area contributed by atoms with E-state index >= 15 is 0 Å². The number of benzene rings is 3. The van der Waals surface area contributed by atoms with Crippen LogP contribution in [0.15, 0.2) is 69.8 Å². The number of carbonyl (C=O) groups is 2. The molecule has 3 aliphatic rings. The van der Waals surface area contributed by atoms with Gasteiger partial charge in [0, 0.05) is 15.6 Å². The van der Waals surface area contributed by atoms with Crippen LogP contribution in [-0.2, 0) is 9.53 Å². The van der Waals surface area contributed by atoms with Crippen molar-refractivity contribution in [2.75, 3.05) is 13.6 Å². The fourth-order valence-corrected chi connectivity index (χ4v) is 4.00. The van der Waals surface area contributed by atoms with E-state index in [1.54, 1.807) is 54.6 Å². The molecule has 0 saturated heterocycles. The largest absolute Gasteiger partial charge is 0.454 e. The lowest BCUT2D eigenvalue weighted by molar-refractivity contribution is -0.129. The van der Waals surface area contributed by atoms with Gasteiger partial charge in [0.1, 0.15) is 5.75 Å². The van der Waals surface area contributed by atoms with E-state index in [2.05, 4.69) is 20.9 Å². The minimum atomic E-state index is -0.634. The van der Waals surface area contributed by atoms with Gasteiger partial charge in [0.15, 0.2) is 28.7 Å². The van der Waals surface area contributed by atoms with Crippen LogP contribution < -0.4 is 23.7 Å². The van der Waals surface area contributed by atoms with Gasteiger partial charge in [-0.15, -0.1) is 0 Å². The van der Waals surface area contributed by atoms with E-state index in [1.165, 1.54) is 6.08 Å². The molecule has 0 N–H and O–H groups in total. The van der Waals surface area contributed by atoms with Crippen LogP contribution in [0.3, 0.4) is 0 Å². The number of esters is 2. The van der Waals surface area contributed by atoms with Gasteiger partial charge in [0.05, 0.1) is 5.56 Å². The first-order valence-corrected chi connectivity index (χ1v) is 11.2. The molecule has 3 aromatic rings. The molecule has 0 atom stereocenters. The van der Waals surface area contributed by atoms with Crippen LogP contribution in [0.25, 0.3) is 6.08 Å². The van der Waals surface area contributed by atoms with Crippen molar-refractivity contribution < 1.29 is 38.0 Å². The number of fused-ring (bicyclic) bond motifs is 2. The molecule has 6 rings (SSSR count). The third-order valence-electron chi connectivity index (χ3n) is 5.32. The second-order valence-corrected chi connectivity index (χ2v) is 8.46. The molecule has 0 fully saturated rings. The normalized spacial score (nSPS) is 16.3. The summed E-state index contributed by atoms with van der Waals surface area (Å²) in [6, 6.07) is 15.0. The summed E-state index contributed by atoms with van der Waals surface area (Å²) in [7, 11) is 0. The summed E-state index contributed by atoms with van der Waals surface area (Å²) in [4.78, 5) is 29.7. The monoisotopic (exact) mass is 535 g/mol. The Morgan fingerprint density at radius 3 is 2.40 bits per heavy atom. The molecule has 0 bridgehead atoms. The van der Waals surface area contributed by atoms with Gasteiger partial charge >= 0.3 is 11.9 Å². The molecule has 0 unspecified atom stereocenters. The van der Waals surface area contributed by atoms with Gasteiger partial charge in [0.25, 0.3) is 0 Å². The second-order valence-electron chi connectivity index (χ2n) is 7.54. The highest BCUT2D eigenvalue weighted by atomic mass is 79.9. The quantitative estimate of drug-likeness (QED) is 0.274. The highest BCUT2D eigenvalue weighted by Crippen LogP contribution is 2.35. The van der Waals surface area contributed by atoms with Gasteiger partial charge < -0.3 is 28.4 Å². The van der Waals surface area contributed by atoms with Gasteiger partial charge in [-0.2, -0.15) is 0 Å². The number of carbonyl (C=O) groups excluding carboxylic acids is 2. The zero-order chi connectivity index (χ0) is 23.9. The molecular formula is C25H14BrNO8. The zero-order valence-corrected chi connectivity index (χ0v) is 19.4. The Bertz CT molecular complexity index is 1460. The Morgan fingerprint density at radius 1 is 0.886 bits per heavy atom. The molecule has 3 aliphatic heterocycles. The molecular weight excluding hydrogens is 522 g/mol. The van der Waals surface area contributed by atoms with Crippen LogP contribution in [0.2, 0.25) is 0 Å². The van der Waals surface area contributed by atoms with Crippen LogP contribution in [0, 0.1) is 0 Å². The number of ether oxygens (including phenoxy) is 6. The molecule has 0 spiro atoms. The first-order valence-electron chi connectivity index (χ1n) is 10.4. The van der Waals surface area contributed by atoms with E-state index in [4.69, 9.17) is 28.4 Å². The summed E-state index contributed by atoms with van der Waals surface area (Å²) in [5, 5.41) is 0. The van der Waals surface area contributed by atoms with Crippen LogP contribution in [0.5, 0.6) is 28.7 Å². The van der Waals surface area contributed by atoms with Crippen LogP contribution >= 0.6 is 15.9 Å². The molecule has 0 aromatic heterocycles. The van der Waals surface area contributed by atoms with Crippen molar-refractivity contribution in [3.8, 4) is 28.7 Å². The lowest BCUT2D eigenvalue weighted by Gasteiger charge is -2.09. The molecule has 3 heterocycles. The Morgan fingerprint density at radius 2 is 1.60 bits per heavy atom. The predicted molar refractivity (Wildman–Crippen MR) is 125 cm³/mol. The Kier molecular flexibility index (Phi) is 5.14. The maximum absolute atomic E-state index is 12.8. The summed E-state index contributed by atoms with van der Waals surface area (Å²) in [5.41, 5.74) is 1.36. The molecule has 0 radical (unpaired) electrons. The van der Waals surface area contributed by atoms with Crippen LogP contribution in [0.4, 0.5) is 0 Å². The van der Waals surface area contributed by atoms with Crippen molar-refractivity contribution >= 4 is 39.8 Å². The van der Waals surface area contributed by atoms with Gasteiger partial charge in [-0.1, -0.05) is 15.9 Å². The van der Waals surface area contributed by atoms with Gasteiger partial charge in [-0.25, -0.2) is 14.6 Å². The average Bonchev–Trinajstić information content (AvgIpc) is 3.59. The summed E-state index contributed by atoms with van der Waals surface area (Å²) >= 11 is 3.40. The summed E-state index contributed by atoms with van der Waals surface area (Å²) in [5.74, 6) is 1.33. The molecule has 3 aromatic carbocycles. The smallest absolute Gasteiger partial charge is 0.363 e. The van der Waals surface area contributed by atoms with E-state index in [9.17, 15) is 9.59 Å². The van der Waals surface area contributed by atoms with Crippen molar-refractivity contribution in [1.29, 1.82) is 0 Å².